The zero-order chi connectivity index (χ0) is 17.1. The number of methoxy groups -OCH3 is 1. The van der Waals surface area contributed by atoms with E-state index in [4.69, 9.17) is 10.5 Å². The van der Waals surface area contributed by atoms with E-state index in [9.17, 15) is 9.18 Å². The monoisotopic (exact) mass is 325 g/mol. The molecule has 3 rings (SSSR count). The second-order valence-electron chi connectivity index (χ2n) is 5.30. The predicted molar refractivity (Wildman–Crippen MR) is 88.8 cm³/mol. The second kappa shape index (κ2) is 6.54. The number of nitrogens with two attached hydrogens (primary N) is 1. The third kappa shape index (κ3) is 3.27. The predicted octanol–water partition coefficient (Wildman–Crippen LogP) is 2.85. The van der Waals surface area contributed by atoms with Gasteiger partial charge in [-0.3, -0.25) is 9.48 Å². The van der Waals surface area contributed by atoms with Gasteiger partial charge < -0.3 is 10.5 Å². The molecule has 0 unspecified atom stereocenters. The van der Waals surface area contributed by atoms with E-state index in [1.54, 1.807) is 24.4 Å². The van der Waals surface area contributed by atoms with E-state index in [0.717, 1.165) is 16.7 Å². The van der Waals surface area contributed by atoms with E-state index >= 15 is 0 Å². The number of carbonyl (C=O) groups is 1. The summed E-state index contributed by atoms with van der Waals surface area (Å²) in [7, 11) is 1.43. The Labute approximate surface area is 138 Å². The Morgan fingerprint density at radius 3 is 2.62 bits per heavy atom. The van der Waals surface area contributed by atoms with Gasteiger partial charge >= 0.3 is 0 Å². The maximum absolute atomic E-state index is 13.9. The van der Waals surface area contributed by atoms with Crippen molar-refractivity contribution in [1.82, 2.24) is 9.78 Å². The van der Waals surface area contributed by atoms with E-state index in [0.29, 0.717) is 5.69 Å². The average molecular weight is 325 g/mol. The number of amides is 1. The summed E-state index contributed by atoms with van der Waals surface area (Å²) in [4.78, 5) is 11.0. The lowest BCUT2D eigenvalue weighted by Gasteiger charge is -2.07. The van der Waals surface area contributed by atoms with E-state index in [1.165, 1.54) is 17.9 Å². The van der Waals surface area contributed by atoms with E-state index in [-0.39, 0.29) is 12.3 Å². The lowest BCUT2D eigenvalue weighted by molar-refractivity contribution is -0.118. The van der Waals surface area contributed by atoms with Crippen LogP contribution in [0.1, 0.15) is 0 Å². The molecule has 0 aliphatic heterocycles. The topological polar surface area (TPSA) is 70.1 Å². The minimum Gasteiger partial charge on any atom is -0.494 e. The SMILES string of the molecule is COc1ccc(-c2cccc(-c3ccn(CC(N)=O)n3)c2)cc1F. The molecule has 0 saturated carbocycles. The molecular formula is C18H16FN3O2. The molecule has 0 aliphatic carbocycles. The Balaban J connectivity index is 1.93. The molecule has 0 aliphatic rings. The van der Waals surface area contributed by atoms with Crippen LogP contribution in [0.25, 0.3) is 22.4 Å². The first-order valence-electron chi connectivity index (χ1n) is 7.33. The zero-order valence-corrected chi connectivity index (χ0v) is 13.1. The quantitative estimate of drug-likeness (QED) is 0.784. The van der Waals surface area contributed by atoms with Gasteiger partial charge in [-0.15, -0.1) is 0 Å². The number of ether oxygens (including phenoxy) is 1. The number of aromatic nitrogens is 2. The van der Waals surface area contributed by atoms with Gasteiger partial charge in [0.15, 0.2) is 11.6 Å². The highest BCUT2D eigenvalue weighted by molar-refractivity contribution is 5.74. The third-order valence-electron chi connectivity index (χ3n) is 3.60. The summed E-state index contributed by atoms with van der Waals surface area (Å²) in [5.41, 5.74) is 8.35. The van der Waals surface area contributed by atoms with Crippen molar-refractivity contribution in [3.05, 3.63) is 60.5 Å². The number of primary amides is 1. The number of nitrogens with zero attached hydrogens (tertiary/aromatic N) is 2. The van der Waals surface area contributed by atoms with Crippen molar-refractivity contribution in [2.24, 2.45) is 5.73 Å². The van der Waals surface area contributed by atoms with Crippen LogP contribution in [0.4, 0.5) is 4.39 Å². The van der Waals surface area contributed by atoms with Crippen LogP contribution >= 0.6 is 0 Å². The molecule has 6 heteroatoms. The van der Waals surface area contributed by atoms with Gasteiger partial charge in [-0.1, -0.05) is 24.3 Å². The Kier molecular flexibility index (Phi) is 4.29. The number of carbonyl (C=O) groups excluding carboxylic acids is 1. The Bertz CT molecular complexity index is 889. The van der Waals surface area contributed by atoms with Gasteiger partial charge in [-0.05, 0) is 35.4 Å². The smallest absolute Gasteiger partial charge is 0.239 e. The van der Waals surface area contributed by atoms with Gasteiger partial charge in [0.05, 0.1) is 12.8 Å². The van der Waals surface area contributed by atoms with Crippen LogP contribution in [-0.2, 0) is 11.3 Å². The molecule has 0 saturated heterocycles. The summed E-state index contributed by atoms with van der Waals surface area (Å²) >= 11 is 0. The maximum atomic E-state index is 13.9. The molecule has 0 atom stereocenters. The van der Waals surface area contributed by atoms with Crippen LogP contribution in [-0.4, -0.2) is 22.8 Å². The fourth-order valence-corrected chi connectivity index (χ4v) is 2.47. The molecule has 0 fully saturated rings. The van der Waals surface area contributed by atoms with E-state index < -0.39 is 11.7 Å². The molecule has 2 N–H and O–H groups in total. The van der Waals surface area contributed by atoms with Gasteiger partial charge in [0, 0.05) is 11.8 Å². The van der Waals surface area contributed by atoms with Crippen molar-refractivity contribution in [3.63, 3.8) is 0 Å². The average Bonchev–Trinajstić information content (AvgIpc) is 3.02. The van der Waals surface area contributed by atoms with Crippen LogP contribution in [0.5, 0.6) is 5.75 Å². The molecule has 1 aromatic heterocycles. The van der Waals surface area contributed by atoms with Crippen LogP contribution in [0.2, 0.25) is 0 Å². The molecular weight excluding hydrogens is 309 g/mol. The maximum Gasteiger partial charge on any atom is 0.239 e. The second-order valence-corrected chi connectivity index (χ2v) is 5.30. The molecule has 5 nitrogen and oxygen atoms in total. The molecule has 1 heterocycles. The lowest BCUT2D eigenvalue weighted by Crippen LogP contribution is -2.18. The highest BCUT2D eigenvalue weighted by Gasteiger charge is 2.08. The largest absolute Gasteiger partial charge is 0.494 e. The summed E-state index contributed by atoms with van der Waals surface area (Å²) in [6, 6.07) is 14.2. The fraction of sp³-hybridized carbons (Fsp3) is 0.111. The van der Waals surface area contributed by atoms with Gasteiger partial charge in [-0.2, -0.15) is 5.10 Å². The lowest BCUT2D eigenvalue weighted by atomic mass is 10.0. The molecule has 0 bridgehead atoms. The Hall–Kier alpha value is -3.15. The van der Waals surface area contributed by atoms with Crippen molar-refractivity contribution in [3.8, 4) is 28.1 Å². The van der Waals surface area contributed by atoms with Crippen molar-refractivity contribution in [2.45, 2.75) is 6.54 Å². The molecule has 24 heavy (non-hydrogen) atoms. The van der Waals surface area contributed by atoms with Gasteiger partial charge in [0.2, 0.25) is 5.91 Å². The van der Waals surface area contributed by atoms with Crippen molar-refractivity contribution < 1.29 is 13.9 Å². The van der Waals surface area contributed by atoms with Gasteiger partial charge in [0.1, 0.15) is 6.54 Å². The van der Waals surface area contributed by atoms with Crippen molar-refractivity contribution >= 4 is 5.91 Å². The number of rotatable bonds is 5. The normalized spacial score (nSPS) is 10.6. The van der Waals surface area contributed by atoms with E-state index in [2.05, 4.69) is 5.10 Å². The van der Waals surface area contributed by atoms with Crippen LogP contribution in [0.15, 0.2) is 54.7 Å². The first-order chi connectivity index (χ1) is 11.6. The molecule has 2 aromatic carbocycles. The van der Waals surface area contributed by atoms with Crippen molar-refractivity contribution in [1.29, 1.82) is 0 Å². The summed E-state index contributed by atoms with van der Waals surface area (Å²) in [5.74, 6) is -0.654. The van der Waals surface area contributed by atoms with Crippen LogP contribution in [0.3, 0.4) is 0 Å². The minimum absolute atomic E-state index is 0.0311. The molecule has 0 spiro atoms. The molecule has 3 aromatic rings. The fourth-order valence-electron chi connectivity index (χ4n) is 2.47. The minimum atomic E-state index is -0.452. The molecule has 0 radical (unpaired) electrons. The highest BCUT2D eigenvalue weighted by Crippen LogP contribution is 2.28. The standard InChI is InChI=1S/C18H16FN3O2/c1-24-17-6-5-13(10-15(17)19)12-3-2-4-14(9-12)16-7-8-22(21-16)11-18(20)23/h2-10H,11H2,1H3,(H2,20,23). The summed E-state index contributed by atoms with van der Waals surface area (Å²) in [6.07, 6.45) is 1.69. The van der Waals surface area contributed by atoms with Gasteiger partial charge in [0.25, 0.3) is 0 Å². The number of benzene rings is 2. The van der Waals surface area contributed by atoms with Crippen LogP contribution in [0, 0.1) is 5.82 Å². The molecule has 122 valence electrons. The zero-order valence-electron chi connectivity index (χ0n) is 13.1. The first-order valence-corrected chi connectivity index (χ1v) is 7.33. The number of hydrogen-bond donors (Lipinski definition) is 1. The molecule has 1 amide bonds. The Morgan fingerprint density at radius 1 is 1.17 bits per heavy atom. The van der Waals surface area contributed by atoms with Crippen molar-refractivity contribution in [2.75, 3.05) is 7.11 Å². The van der Waals surface area contributed by atoms with Crippen LogP contribution < -0.4 is 10.5 Å². The highest BCUT2D eigenvalue weighted by atomic mass is 19.1. The first kappa shape index (κ1) is 15.7. The number of halogens is 1. The Morgan fingerprint density at radius 2 is 1.92 bits per heavy atom. The number of hydrogen-bond acceptors (Lipinski definition) is 3. The van der Waals surface area contributed by atoms with E-state index in [1.807, 2.05) is 24.3 Å². The summed E-state index contributed by atoms with van der Waals surface area (Å²) in [6.45, 7) is 0.0311. The van der Waals surface area contributed by atoms with Gasteiger partial charge in [-0.25, -0.2) is 4.39 Å². The summed E-state index contributed by atoms with van der Waals surface area (Å²) < 4.78 is 20.3. The third-order valence-corrected chi connectivity index (χ3v) is 3.60. The summed E-state index contributed by atoms with van der Waals surface area (Å²) in [5, 5.41) is 4.32.